The van der Waals surface area contributed by atoms with E-state index in [1.165, 1.54) is 0 Å². The van der Waals surface area contributed by atoms with Gasteiger partial charge in [-0.25, -0.2) is 0 Å². The molecular weight excluding hydrogens is 616 g/mol. The summed E-state index contributed by atoms with van der Waals surface area (Å²) in [5, 5.41) is 1.05. The van der Waals surface area contributed by atoms with Gasteiger partial charge in [0.05, 0.1) is 36.4 Å². The summed E-state index contributed by atoms with van der Waals surface area (Å²) in [5.41, 5.74) is 2.94. The average molecular weight is 660 g/mol. The molecule has 0 radical (unpaired) electrons. The summed E-state index contributed by atoms with van der Waals surface area (Å²) < 4.78 is 12.4. The van der Waals surface area contributed by atoms with Gasteiger partial charge in [0.15, 0.2) is 14.1 Å². The van der Waals surface area contributed by atoms with E-state index >= 15 is 0 Å². The molecule has 0 aromatic heterocycles. The van der Waals surface area contributed by atoms with Gasteiger partial charge in [-0.15, -0.1) is 11.8 Å². The van der Waals surface area contributed by atoms with Crippen LogP contribution < -0.4 is 9.64 Å². The summed E-state index contributed by atoms with van der Waals surface area (Å²) in [6, 6.07) is 11.6. The molecule has 1 saturated carbocycles. The molecule has 9 heteroatoms. The molecule has 2 aliphatic rings. The molecule has 41 heavy (non-hydrogen) atoms. The van der Waals surface area contributed by atoms with Gasteiger partial charge in [-0.3, -0.25) is 9.59 Å². The number of ether oxygens (including phenoxy) is 1. The molecule has 2 aromatic carbocycles. The second kappa shape index (κ2) is 12.3. The first-order chi connectivity index (χ1) is 19.2. The fourth-order valence-electron chi connectivity index (χ4n) is 5.22. The van der Waals surface area contributed by atoms with Crippen molar-refractivity contribution in [2.24, 2.45) is 0 Å². The van der Waals surface area contributed by atoms with Crippen molar-refractivity contribution in [2.75, 3.05) is 38.5 Å². The van der Waals surface area contributed by atoms with Gasteiger partial charge in [0.25, 0.3) is 0 Å². The summed E-state index contributed by atoms with van der Waals surface area (Å²) >= 11 is 5.29. The number of halogens is 1. The van der Waals surface area contributed by atoms with Crippen LogP contribution in [-0.2, 0) is 21.2 Å². The lowest BCUT2D eigenvalue weighted by atomic mass is 9.65. The Morgan fingerprint density at radius 3 is 2.39 bits per heavy atom. The van der Waals surface area contributed by atoms with Gasteiger partial charge in [-0.05, 0) is 88.6 Å². The number of rotatable bonds is 11. The van der Waals surface area contributed by atoms with Gasteiger partial charge in [0.1, 0.15) is 5.75 Å². The molecule has 1 spiro atoms. The number of hydrogen-bond donors (Lipinski definition) is 0. The molecule has 1 aliphatic carbocycles. The van der Waals surface area contributed by atoms with Crippen LogP contribution in [-0.4, -0.2) is 58.5 Å². The predicted octanol–water partition coefficient (Wildman–Crippen LogP) is 7.77. The number of likely N-dealkylation sites (N-methyl/N-ethyl adjacent to an activating group) is 1. The third-order valence-electron chi connectivity index (χ3n) is 9.03. The topological polar surface area (TPSA) is 59.1 Å². The maximum atomic E-state index is 13.8. The first-order valence-corrected chi connectivity index (χ1v) is 19.1. The lowest BCUT2D eigenvalue weighted by Crippen LogP contribution is -2.44. The Labute approximate surface area is 259 Å². The van der Waals surface area contributed by atoms with Crippen LogP contribution in [0.2, 0.25) is 18.1 Å². The van der Waals surface area contributed by atoms with Gasteiger partial charge < -0.3 is 19.0 Å². The van der Waals surface area contributed by atoms with E-state index in [1.54, 1.807) is 24.9 Å². The molecule has 0 N–H and O–H groups in total. The van der Waals surface area contributed by atoms with E-state index in [2.05, 4.69) is 54.7 Å². The summed E-state index contributed by atoms with van der Waals surface area (Å²) in [4.78, 5) is 31.4. The van der Waals surface area contributed by atoms with Gasteiger partial charge in [-0.1, -0.05) is 39.3 Å². The van der Waals surface area contributed by atoms with Crippen LogP contribution in [0.15, 0.2) is 52.0 Å². The highest BCUT2D eigenvalue weighted by Crippen LogP contribution is 2.56. The largest absolute Gasteiger partial charge is 0.497 e. The molecule has 1 aliphatic heterocycles. The Morgan fingerprint density at radius 2 is 1.85 bits per heavy atom. The van der Waals surface area contributed by atoms with Crippen LogP contribution in [0.25, 0.3) is 0 Å². The van der Waals surface area contributed by atoms with Crippen molar-refractivity contribution in [3.05, 3.63) is 68.7 Å². The Bertz CT molecular complexity index is 1330. The molecule has 4 rings (SSSR count). The molecule has 1 heterocycles. The Hall–Kier alpha value is -2.07. The third kappa shape index (κ3) is 6.33. The standard InChI is InChI=1S/C32H43BrN2O4SSi/c1-31(2,3)41(7,8)39-17-16-34(4)28(40-6)20-27(36)23-18-25-29(26(33)19-23)35(30(37)32(25)14-9-15-32)21-22-10-12-24(38-5)13-11-22/h10-13,18-20H,9,14-17,21H2,1-8H3/b28-20-. The molecule has 2 aromatic rings. The van der Waals surface area contributed by atoms with E-state index in [4.69, 9.17) is 9.16 Å². The number of fused-ring (bicyclic) bond motifs is 2. The Morgan fingerprint density at radius 1 is 1.20 bits per heavy atom. The SMILES string of the molecule is COc1ccc(CN2C(=O)C3(CCC3)c3cc(C(=O)/C=C(\SC)N(C)CCO[Si](C)(C)C(C)(C)C)cc(Br)c32)cc1. The molecule has 0 bridgehead atoms. The number of allylic oxidation sites excluding steroid dienone is 1. The zero-order valence-electron chi connectivity index (χ0n) is 25.6. The second-order valence-corrected chi connectivity index (χ2v) is 19.1. The molecule has 6 nitrogen and oxygen atoms in total. The van der Waals surface area contributed by atoms with Crippen molar-refractivity contribution in [3.8, 4) is 5.75 Å². The molecule has 1 amide bonds. The summed E-state index contributed by atoms with van der Waals surface area (Å²) in [6.45, 7) is 13.0. The predicted molar refractivity (Wildman–Crippen MR) is 176 cm³/mol. The molecule has 0 atom stereocenters. The normalized spacial score (nSPS) is 16.6. The van der Waals surface area contributed by atoms with E-state index in [-0.39, 0.29) is 16.7 Å². The van der Waals surface area contributed by atoms with Gasteiger partial charge >= 0.3 is 0 Å². The number of hydrogen-bond acceptors (Lipinski definition) is 6. The average Bonchev–Trinajstić information content (AvgIpc) is 3.14. The van der Waals surface area contributed by atoms with Crippen LogP contribution in [0.5, 0.6) is 5.75 Å². The van der Waals surface area contributed by atoms with E-state index in [9.17, 15) is 9.59 Å². The van der Waals surface area contributed by atoms with Crippen molar-refractivity contribution in [3.63, 3.8) is 0 Å². The minimum Gasteiger partial charge on any atom is -0.497 e. The van der Waals surface area contributed by atoms with Gasteiger partial charge in [0.2, 0.25) is 5.91 Å². The van der Waals surface area contributed by atoms with Crippen molar-refractivity contribution < 1.29 is 18.8 Å². The first kappa shape index (κ1) is 31.9. The van der Waals surface area contributed by atoms with Crippen LogP contribution in [0, 0.1) is 0 Å². The van der Waals surface area contributed by atoms with Crippen LogP contribution in [0.1, 0.15) is 61.5 Å². The summed E-state index contributed by atoms with van der Waals surface area (Å²) in [7, 11) is 1.81. The van der Waals surface area contributed by atoms with Crippen molar-refractivity contribution in [1.82, 2.24) is 4.90 Å². The minimum absolute atomic E-state index is 0.0643. The number of carbonyl (C=O) groups excluding carboxylic acids is 2. The molecule has 0 saturated heterocycles. The summed E-state index contributed by atoms with van der Waals surface area (Å²) in [5.74, 6) is 0.848. The first-order valence-electron chi connectivity index (χ1n) is 14.2. The number of anilines is 1. The molecular formula is C32H43BrN2O4SSi. The Balaban J connectivity index is 1.56. The van der Waals surface area contributed by atoms with Crippen molar-refractivity contribution in [2.45, 2.75) is 70.1 Å². The minimum atomic E-state index is -1.83. The number of thioether (sulfide) groups is 1. The van der Waals surface area contributed by atoms with Crippen LogP contribution in [0.3, 0.4) is 0 Å². The highest BCUT2D eigenvalue weighted by Gasteiger charge is 2.55. The maximum Gasteiger partial charge on any atom is 0.238 e. The summed E-state index contributed by atoms with van der Waals surface area (Å²) in [6.07, 6.45) is 6.33. The quantitative estimate of drug-likeness (QED) is 0.140. The van der Waals surface area contributed by atoms with E-state index in [0.717, 1.165) is 51.3 Å². The number of carbonyl (C=O) groups is 2. The number of ketones is 1. The molecule has 0 unspecified atom stereocenters. The number of benzene rings is 2. The smallest absolute Gasteiger partial charge is 0.238 e. The Kier molecular flexibility index (Phi) is 9.53. The maximum absolute atomic E-state index is 13.8. The second-order valence-electron chi connectivity index (χ2n) is 12.6. The van der Waals surface area contributed by atoms with Gasteiger partial charge in [-0.2, -0.15) is 0 Å². The highest BCUT2D eigenvalue weighted by molar-refractivity contribution is 9.10. The zero-order chi connectivity index (χ0) is 30.2. The fourth-order valence-corrected chi connectivity index (χ4v) is 7.56. The third-order valence-corrected chi connectivity index (χ3v) is 15.0. The zero-order valence-corrected chi connectivity index (χ0v) is 29.0. The molecule has 222 valence electrons. The highest BCUT2D eigenvalue weighted by atomic mass is 79.9. The van der Waals surface area contributed by atoms with Crippen LogP contribution >= 0.6 is 27.7 Å². The van der Waals surface area contributed by atoms with E-state index < -0.39 is 13.7 Å². The van der Waals surface area contributed by atoms with E-state index in [1.807, 2.05) is 54.6 Å². The van der Waals surface area contributed by atoms with Crippen LogP contribution in [0.4, 0.5) is 5.69 Å². The van der Waals surface area contributed by atoms with Crippen molar-refractivity contribution >= 4 is 53.4 Å². The fraction of sp³-hybridized carbons (Fsp3) is 0.500. The monoisotopic (exact) mass is 658 g/mol. The van der Waals surface area contributed by atoms with E-state index in [0.29, 0.717) is 25.3 Å². The lowest BCUT2D eigenvalue weighted by Gasteiger charge is -2.37. The number of methoxy groups -OCH3 is 1. The molecule has 1 fully saturated rings. The lowest BCUT2D eigenvalue weighted by molar-refractivity contribution is -0.126. The number of nitrogens with zero attached hydrogens (tertiary/aromatic N) is 2. The number of amides is 1. The van der Waals surface area contributed by atoms with Gasteiger partial charge in [0, 0.05) is 29.7 Å². The van der Waals surface area contributed by atoms with Crippen molar-refractivity contribution in [1.29, 1.82) is 0 Å².